The Balaban J connectivity index is 1.43. The fourth-order valence-electron chi connectivity index (χ4n) is 3.70. The van der Waals surface area contributed by atoms with Gasteiger partial charge in [0.2, 0.25) is 0 Å². The number of amides is 1. The lowest BCUT2D eigenvalue weighted by Crippen LogP contribution is -2.18. The summed E-state index contributed by atoms with van der Waals surface area (Å²) in [6.45, 7) is 4.01. The number of halogens is 2. The summed E-state index contributed by atoms with van der Waals surface area (Å²) in [5.41, 5.74) is 3.31. The predicted octanol–water partition coefficient (Wildman–Crippen LogP) is 4.93. The Morgan fingerprint density at radius 2 is 1.61 bits per heavy atom. The monoisotopic (exact) mass is 471 g/mol. The van der Waals surface area contributed by atoms with Gasteiger partial charge in [0.15, 0.2) is 11.6 Å². The minimum atomic E-state index is -4.11. The van der Waals surface area contributed by atoms with Crippen LogP contribution in [0.5, 0.6) is 0 Å². The zero-order valence-electron chi connectivity index (χ0n) is 17.9. The van der Waals surface area contributed by atoms with Crippen molar-refractivity contribution < 1.29 is 22.0 Å². The second-order valence-electron chi connectivity index (χ2n) is 7.91. The van der Waals surface area contributed by atoms with Crippen LogP contribution < -0.4 is 14.9 Å². The van der Waals surface area contributed by atoms with Crippen LogP contribution in [0.15, 0.2) is 65.6 Å². The van der Waals surface area contributed by atoms with Crippen molar-refractivity contribution in [3.63, 3.8) is 0 Å². The van der Waals surface area contributed by atoms with Crippen molar-refractivity contribution in [1.82, 2.24) is 0 Å². The summed E-state index contributed by atoms with van der Waals surface area (Å²) >= 11 is 0. The summed E-state index contributed by atoms with van der Waals surface area (Å²) in [4.78, 5) is 14.6. The van der Waals surface area contributed by atoms with E-state index in [0.717, 1.165) is 36.5 Å². The molecule has 3 aromatic rings. The standard InChI is InChI=1S/C24H23F2N3O3S/c1-16-14-19(29-12-2-3-13-29)8-11-23(16)27-24(30)17-4-6-18(7-5-17)28-33(31,32)20-9-10-21(25)22(26)15-20/h4-11,14-15,28H,2-3,12-13H2,1H3,(H,27,30). The van der Waals surface area contributed by atoms with Gasteiger partial charge in [-0.15, -0.1) is 0 Å². The fourth-order valence-corrected chi connectivity index (χ4v) is 4.77. The van der Waals surface area contributed by atoms with E-state index >= 15 is 0 Å². The maximum atomic E-state index is 13.4. The van der Waals surface area contributed by atoms with Crippen molar-refractivity contribution in [2.45, 2.75) is 24.7 Å². The van der Waals surface area contributed by atoms with Crippen LogP contribution in [0.2, 0.25) is 0 Å². The second-order valence-corrected chi connectivity index (χ2v) is 9.59. The van der Waals surface area contributed by atoms with Crippen LogP contribution in [0.4, 0.5) is 25.8 Å². The topological polar surface area (TPSA) is 78.5 Å². The Kier molecular flexibility index (Phi) is 6.33. The Morgan fingerprint density at radius 3 is 2.24 bits per heavy atom. The number of carbonyl (C=O) groups is 1. The summed E-state index contributed by atoms with van der Waals surface area (Å²) in [5.74, 6) is -2.72. The van der Waals surface area contributed by atoms with Gasteiger partial charge in [-0.25, -0.2) is 17.2 Å². The molecular formula is C24H23F2N3O3S. The number of hydrogen-bond acceptors (Lipinski definition) is 4. The van der Waals surface area contributed by atoms with Crippen LogP contribution in [0.25, 0.3) is 0 Å². The third-order valence-electron chi connectivity index (χ3n) is 5.53. The first-order valence-corrected chi connectivity index (χ1v) is 12.0. The van der Waals surface area contributed by atoms with Gasteiger partial charge in [-0.3, -0.25) is 9.52 Å². The van der Waals surface area contributed by atoms with E-state index < -0.39 is 26.6 Å². The third-order valence-corrected chi connectivity index (χ3v) is 6.91. The van der Waals surface area contributed by atoms with Crippen LogP contribution in [-0.4, -0.2) is 27.4 Å². The molecule has 33 heavy (non-hydrogen) atoms. The largest absolute Gasteiger partial charge is 0.372 e. The Morgan fingerprint density at radius 1 is 0.909 bits per heavy atom. The zero-order valence-corrected chi connectivity index (χ0v) is 18.8. The second kappa shape index (κ2) is 9.19. The molecule has 0 saturated carbocycles. The average molecular weight is 472 g/mol. The summed E-state index contributed by atoms with van der Waals surface area (Å²) in [7, 11) is -4.11. The first-order valence-electron chi connectivity index (χ1n) is 10.5. The van der Waals surface area contributed by atoms with E-state index in [9.17, 15) is 22.0 Å². The number of anilines is 3. The van der Waals surface area contributed by atoms with Gasteiger partial charge in [-0.1, -0.05) is 0 Å². The molecule has 4 rings (SSSR count). The third kappa shape index (κ3) is 5.14. The lowest BCUT2D eigenvalue weighted by Gasteiger charge is -2.19. The maximum Gasteiger partial charge on any atom is 0.261 e. The highest BCUT2D eigenvalue weighted by Gasteiger charge is 2.18. The molecule has 6 nitrogen and oxygen atoms in total. The smallest absolute Gasteiger partial charge is 0.261 e. The summed E-state index contributed by atoms with van der Waals surface area (Å²) in [6, 6.07) is 14.1. The molecule has 1 amide bonds. The molecule has 1 heterocycles. The highest BCUT2D eigenvalue weighted by Crippen LogP contribution is 2.26. The van der Waals surface area contributed by atoms with Crippen molar-refractivity contribution in [3.05, 3.63) is 83.4 Å². The number of aryl methyl sites for hydroxylation is 1. The van der Waals surface area contributed by atoms with Gasteiger partial charge in [0, 0.05) is 35.7 Å². The van der Waals surface area contributed by atoms with Crippen LogP contribution >= 0.6 is 0 Å². The molecule has 0 radical (unpaired) electrons. The van der Waals surface area contributed by atoms with E-state index in [0.29, 0.717) is 17.3 Å². The quantitative estimate of drug-likeness (QED) is 0.535. The van der Waals surface area contributed by atoms with Gasteiger partial charge in [-0.2, -0.15) is 0 Å². The molecule has 1 aliphatic heterocycles. The normalized spacial score (nSPS) is 13.7. The van der Waals surface area contributed by atoms with Gasteiger partial charge >= 0.3 is 0 Å². The molecule has 0 aromatic heterocycles. The lowest BCUT2D eigenvalue weighted by atomic mass is 10.1. The number of carbonyl (C=O) groups excluding carboxylic acids is 1. The number of nitrogens with zero attached hydrogens (tertiary/aromatic N) is 1. The highest BCUT2D eigenvalue weighted by molar-refractivity contribution is 7.92. The van der Waals surface area contributed by atoms with E-state index in [1.807, 2.05) is 19.1 Å². The number of hydrogen-bond donors (Lipinski definition) is 2. The molecule has 0 spiro atoms. The molecular weight excluding hydrogens is 448 g/mol. The molecule has 0 atom stereocenters. The van der Waals surface area contributed by atoms with Crippen molar-refractivity contribution in [1.29, 1.82) is 0 Å². The van der Waals surface area contributed by atoms with E-state index in [1.165, 1.54) is 37.1 Å². The molecule has 172 valence electrons. The predicted molar refractivity (Wildman–Crippen MR) is 124 cm³/mol. The van der Waals surface area contributed by atoms with Gasteiger partial charge < -0.3 is 10.2 Å². The maximum absolute atomic E-state index is 13.4. The molecule has 0 aliphatic carbocycles. The van der Waals surface area contributed by atoms with Gasteiger partial charge in [0.25, 0.3) is 15.9 Å². The van der Waals surface area contributed by atoms with Gasteiger partial charge in [0.1, 0.15) is 0 Å². The minimum absolute atomic E-state index is 0.183. The summed E-state index contributed by atoms with van der Waals surface area (Å²) < 4.78 is 53.5. The van der Waals surface area contributed by atoms with Crippen molar-refractivity contribution in [2.75, 3.05) is 28.0 Å². The molecule has 1 fully saturated rings. The minimum Gasteiger partial charge on any atom is -0.372 e. The van der Waals surface area contributed by atoms with E-state index in [4.69, 9.17) is 0 Å². The Hall–Kier alpha value is -3.46. The number of sulfonamides is 1. The molecule has 3 aromatic carbocycles. The zero-order chi connectivity index (χ0) is 23.6. The van der Waals surface area contributed by atoms with Crippen LogP contribution in [-0.2, 0) is 10.0 Å². The van der Waals surface area contributed by atoms with E-state index in [2.05, 4.69) is 21.0 Å². The highest BCUT2D eigenvalue weighted by atomic mass is 32.2. The van der Waals surface area contributed by atoms with E-state index in [1.54, 1.807) is 0 Å². The summed E-state index contributed by atoms with van der Waals surface area (Å²) in [6.07, 6.45) is 2.37. The Bertz CT molecular complexity index is 1290. The SMILES string of the molecule is Cc1cc(N2CCCC2)ccc1NC(=O)c1ccc(NS(=O)(=O)c2ccc(F)c(F)c2)cc1. The number of nitrogens with one attached hydrogen (secondary N) is 2. The molecule has 0 bridgehead atoms. The van der Waals surface area contributed by atoms with Gasteiger partial charge in [0.05, 0.1) is 4.90 Å². The first kappa shape index (κ1) is 22.7. The van der Waals surface area contributed by atoms with Crippen LogP contribution in [0, 0.1) is 18.6 Å². The van der Waals surface area contributed by atoms with E-state index in [-0.39, 0.29) is 11.6 Å². The van der Waals surface area contributed by atoms with Crippen molar-refractivity contribution >= 4 is 33.0 Å². The van der Waals surface area contributed by atoms with Crippen LogP contribution in [0.3, 0.4) is 0 Å². The van der Waals surface area contributed by atoms with Gasteiger partial charge in [-0.05, 0) is 86.0 Å². The van der Waals surface area contributed by atoms with Crippen LogP contribution in [0.1, 0.15) is 28.8 Å². The Labute approximate surface area is 191 Å². The average Bonchev–Trinajstić information content (AvgIpc) is 3.32. The molecule has 1 aliphatic rings. The first-order chi connectivity index (χ1) is 15.7. The van der Waals surface area contributed by atoms with Crippen molar-refractivity contribution in [3.8, 4) is 0 Å². The molecule has 2 N–H and O–H groups in total. The molecule has 1 saturated heterocycles. The fraction of sp³-hybridized carbons (Fsp3) is 0.208. The number of rotatable bonds is 6. The van der Waals surface area contributed by atoms with Crippen molar-refractivity contribution in [2.24, 2.45) is 0 Å². The molecule has 0 unspecified atom stereocenters. The number of benzene rings is 3. The molecule has 9 heteroatoms. The summed E-state index contributed by atoms with van der Waals surface area (Å²) in [5, 5.41) is 2.88. The lowest BCUT2D eigenvalue weighted by molar-refractivity contribution is 0.102.